The summed E-state index contributed by atoms with van der Waals surface area (Å²) < 4.78 is 0. The van der Waals surface area contributed by atoms with Gasteiger partial charge in [-0.15, -0.1) is 0 Å². The van der Waals surface area contributed by atoms with Gasteiger partial charge < -0.3 is 5.73 Å². The number of aryl methyl sites for hydroxylation is 1. The molecule has 0 spiro atoms. The van der Waals surface area contributed by atoms with Gasteiger partial charge in [-0.2, -0.15) is 12.6 Å². The van der Waals surface area contributed by atoms with E-state index < -0.39 is 0 Å². The van der Waals surface area contributed by atoms with Crippen LogP contribution in [-0.4, -0.2) is 10.7 Å². The molecule has 0 unspecified atom stereocenters. The minimum atomic E-state index is 0.523. The van der Waals surface area contributed by atoms with E-state index in [0.29, 0.717) is 17.1 Å². The molecule has 12 heavy (non-hydrogen) atoms. The molecule has 0 aliphatic rings. The maximum Gasteiger partial charge on any atom is 0.136 e. The first kappa shape index (κ1) is 8.95. The molecule has 62 valence electrons. The highest BCUT2D eigenvalue weighted by molar-refractivity contribution is 7.80. The summed E-state index contributed by atoms with van der Waals surface area (Å²) in [4.78, 5) is 4.08. The zero-order valence-corrected chi connectivity index (χ0v) is 7.73. The summed E-state index contributed by atoms with van der Waals surface area (Å²) in [6, 6.07) is 1.86. The topological polar surface area (TPSA) is 38.9 Å². The molecule has 0 bridgehead atoms. The second-order valence-corrected chi connectivity index (χ2v) is 2.73. The van der Waals surface area contributed by atoms with Gasteiger partial charge in [0, 0.05) is 6.20 Å². The number of anilines is 1. The van der Waals surface area contributed by atoms with Crippen molar-refractivity contribution in [1.82, 2.24) is 4.98 Å². The molecule has 0 aromatic carbocycles. The summed E-state index contributed by atoms with van der Waals surface area (Å²) in [7, 11) is 0. The second kappa shape index (κ2) is 4.03. The minimum Gasteiger partial charge on any atom is -0.396 e. The third-order valence-corrected chi connectivity index (χ3v) is 1.50. The predicted molar refractivity (Wildman–Crippen MR) is 54.1 cm³/mol. The van der Waals surface area contributed by atoms with Crippen LogP contribution in [0.15, 0.2) is 12.3 Å². The number of nitrogen functional groups attached to an aromatic ring is 1. The molecule has 0 aliphatic heterocycles. The van der Waals surface area contributed by atoms with Gasteiger partial charge >= 0.3 is 0 Å². The van der Waals surface area contributed by atoms with Crippen LogP contribution >= 0.6 is 12.6 Å². The van der Waals surface area contributed by atoms with Gasteiger partial charge in [0.25, 0.3) is 0 Å². The number of thiol groups is 1. The SMILES string of the molecule is Cc1cnc(C#CCS)c(N)c1. The Bertz CT molecular complexity index is 336. The zero-order valence-electron chi connectivity index (χ0n) is 6.83. The molecular weight excluding hydrogens is 168 g/mol. The monoisotopic (exact) mass is 178 g/mol. The van der Waals surface area contributed by atoms with Gasteiger partial charge in [-0.25, -0.2) is 4.98 Å². The van der Waals surface area contributed by atoms with E-state index in [-0.39, 0.29) is 0 Å². The average molecular weight is 178 g/mol. The molecule has 0 radical (unpaired) electrons. The van der Waals surface area contributed by atoms with Gasteiger partial charge in [-0.05, 0) is 24.5 Å². The Kier molecular flexibility index (Phi) is 3.01. The number of aromatic nitrogens is 1. The Morgan fingerprint density at radius 2 is 2.42 bits per heavy atom. The molecule has 1 aromatic rings. The predicted octanol–water partition coefficient (Wildman–Crippen LogP) is 1.25. The summed E-state index contributed by atoms with van der Waals surface area (Å²) in [6.07, 6.45) is 1.75. The van der Waals surface area contributed by atoms with Crippen molar-refractivity contribution in [3.63, 3.8) is 0 Å². The lowest BCUT2D eigenvalue weighted by Gasteiger charge is -1.97. The van der Waals surface area contributed by atoms with E-state index in [1.165, 1.54) is 0 Å². The molecule has 3 heteroatoms. The summed E-state index contributed by atoms with van der Waals surface area (Å²) in [6.45, 7) is 1.94. The van der Waals surface area contributed by atoms with E-state index in [0.717, 1.165) is 5.56 Å². The highest BCUT2D eigenvalue weighted by atomic mass is 32.1. The molecule has 0 amide bonds. The lowest BCUT2D eigenvalue weighted by Crippen LogP contribution is -1.94. The Balaban J connectivity index is 3.01. The van der Waals surface area contributed by atoms with Crippen molar-refractivity contribution in [2.75, 3.05) is 11.5 Å². The van der Waals surface area contributed by atoms with E-state index in [9.17, 15) is 0 Å². The van der Waals surface area contributed by atoms with Crippen LogP contribution in [0, 0.1) is 18.8 Å². The fourth-order valence-corrected chi connectivity index (χ4v) is 0.899. The van der Waals surface area contributed by atoms with Crippen molar-refractivity contribution < 1.29 is 0 Å². The zero-order chi connectivity index (χ0) is 8.97. The Hall–Kier alpha value is -1.14. The quantitative estimate of drug-likeness (QED) is 0.463. The van der Waals surface area contributed by atoms with Crippen molar-refractivity contribution in [2.24, 2.45) is 0 Å². The molecule has 0 saturated heterocycles. The summed E-state index contributed by atoms with van der Waals surface area (Å²) in [5.74, 6) is 6.15. The van der Waals surface area contributed by atoms with E-state index in [2.05, 4.69) is 29.5 Å². The normalized spacial score (nSPS) is 8.83. The average Bonchev–Trinajstić information content (AvgIpc) is 2.03. The standard InChI is InChI=1S/C9H10N2S/c1-7-5-8(10)9(11-6-7)3-2-4-12/h5-6,12H,4,10H2,1H3. The van der Waals surface area contributed by atoms with Crippen molar-refractivity contribution >= 4 is 18.3 Å². The molecule has 1 heterocycles. The van der Waals surface area contributed by atoms with Gasteiger partial charge in [-0.1, -0.05) is 5.92 Å². The molecule has 1 aromatic heterocycles. The number of nitrogens with two attached hydrogens (primary N) is 1. The molecule has 2 N–H and O–H groups in total. The van der Waals surface area contributed by atoms with Crippen LogP contribution in [0.2, 0.25) is 0 Å². The minimum absolute atomic E-state index is 0.523. The van der Waals surface area contributed by atoms with E-state index in [1.54, 1.807) is 6.20 Å². The van der Waals surface area contributed by atoms with Crippen LogP contribution in [0.25, 0.3) is 0 Å². The molecular formula is C9H10N2S. The van der Waals surface area contributed by atoms with Crippen LogP contribution in [0.1, 0.15) is 11.3 Å². The summed E-state index contributed by atoms with van der Waals surface area (Å²) >= 11 is 3.96. The first-order valence-electron chi connectivity index (χ1n) is 3.56. The summed E-state index contributed by atoms with van der Waals surface area (Å²) in [5.41, 5.74) is 7.98. The third kappa shape index (κ3) is 2.18. The first-order chi connectivity index (χ1) is 5.74. The number of rotatable bonds is 0. The molecule has 1 rings (SSSR count). The maximum atomic E-state index is 5.67. The fourth-order valence-electron chi connectivity index (χ4n) is 0.820. The highest BCUT2D eigenvalue weighted by Gasteiger charge is 1.95. The van der Waals surface area contributed by atoms with Crippen LogP contribution in [0.5, 0.6) is 0 Å². The van der Waals surface area contributed by atoms with E-state index in [1.807, 2.05) is 13.0 Å². The van der Waals surface area contributed by atoms with Crippen LogP contribution in [-0.2, 0) is 0 Å². The summed E-state index contributed by atoms with van der Waals surface area (Å²) in [5, 5.41) is 0. The molecule has 0 atom stereocenters. The van der Waals surface area contributed by atoms with Crippen LogP contribution in [0.4, 0.5) is 5.69 Å². The van der Waals surface area contributed by atoms with Gasteiger partial charge in [0.1, 0.15) is 5.69 Å². The number of pyridine rings is 1. The lowest BCUT2D eigenvalue weighted by atomic mass is 10.2. The van der Waals surface area contributed by atoms with Gasteiger partial charge in [0.15, 0.2) is 0 Å². The number of hydrogen-bond donors (Lipinski definition) is 2. The highest BCUT2D eigenvalue weighted by Crippen LogP contribution is 2.08. The maximum absolute atomic E-state index is 5.67. The van der Waals surface area contributed by atoms with Crippen molar-refractivity contribution in [1.29, 1.82) is 0 Å². The first-order valence-corrected chi connectivity index (χ1v) is 4.19. The van der Waals surface area contributed by atoms with Crippen molar-refractivity contribution in [3.8, 4) is 11.8 Å². The Labute approximate surface area is 77.6 Å². The van der Waals surface area contributed by atoms with Gasteiger partial charge in [0.05, 0.1) is 11.4 Å². The largest absolute Gasteiger partial charge is 0.396 e. The van der Waals surface area contributed by atoms with E-state index in [4.69, 9.17) is 5.73 Å². The van der Waals surface area contributed by atoms with E-state index >= 15 is 0 Å². The van der Waals surface area contributed by atoms with Crippen molar-refractivity contribution in [3.05, 3.63) is 23.5 Å². The molecule has 2 nitrogen and oxygen atoms in total. The molecule has 0 fully saturated rings. The van der Waals surface area contributed by atoms with Crippen LogP contribution < -0.4 is 5.73 Å². The Morgan fingerprint density at radius 3 is 3.00 bits per heavy atom. The lowest BCUT2D eigenvalue weighted by molar-refractivity contribution is 1.24. The third-order valence-electron chi connectivity index (χ3n) is 1.34. The van der Waals surface area contributed by atoms with Crippen molar-refractivity contribution in [2.45, 2.75) is 6.92 Å². The number of nitrogens with zero attached hydrogens (tertiary/aromatic N) is 1. The van der Waals surface area contributed by atoms with Crippen LogP contribution in [0.3, 0.4) is 0 Å². The smallest absolute Gasteiger partial charge is 0.136 e. The van der Waals surface area contributed by atoms with Gasteiger partial charge in [0.2, 0.25) is 0 Å². The number of hydrogen-bond acceptors (Lipinski definition) is 3. The Morgan fingerprint density at radius 1 is 1.67 bits per heavy atom. The fraction of sp³-hybridized carbons (Fsp3) is 0.222. The van der Waals surface area contributed by atoms with Gasteiger partial charge in [-0.3, -0.25) is 0 Å². The molecule has 0 aliphatic carbocycles. The second-order valence-electron chi connectivity index (χ2n) is 2.41. The molecule has 0 saturated carbocycles.